The molecule has 3 N–H and O–H groups in total. The molecule has 0 saturated carbocycles. The van der Waals surface area contributed by atoms with E-state index in [2.05, 4.69) is 17.1 Å². The van der Waals surface area contributed by atoms with Gasteiger partial charge < -0.3 is 10.8 Å². The number of unbranched alkanes of at least 4 members (excludes halogenated alkanes) is 1. The van der Waals surface area contributed by atoms with Crippen LogP contribution in [0.3, 0.4) is 0 Å². The van der Waals surface area contributed by atoms with Crippen LogP contribution < -0.4 is 5.73 Å². The van der Waals surface area contributed by atoms with E-state index in [4.69, 9.17) is 5.73 Å². The molecule has 0 fully saturated rings. The van der Waals surface area contributed by atoms with E-state index in [0.29, 0.717) is 5.69 Å². The molecule has 0 aliphatic rings. The number of aromatic hydroxyl groups is 1. The number of phenolic OH excluding ortho intramolecular Hbond substituents is 1. The van der Waals surface area contributed by atoms with Crippen LogP contribution >= 0.6 is 11.8 Å². The Hall–Kier alpha value is -2.99. The van der Waals surface area contributed by atoms with E-state index < -0.39 is 0 Å². The van der Waals surface area contributed by atoms with Crippen LogP contribution in [0.5, 0.6) is 5.75 Å². The molecule has 4 rings (SSSR count). The van der Waals surface area contributed by atoms with E-state index in [1.165, 1.54) is 0 Å². The van der Waals surface area contributed by atoms with E-state index in [1.807, 2.05) is 61.5 Å². The van der Waals surface area contributed by atoms with Crippen molar-refractivity contribution in [1.29, 1.82) is 0 Å². The summed E-state index contributed by atoms with van der Waals surface area (Å²) in [7, 11) is 0. The maximum Gasteiger partial charge on any atom is 0.146 e. The summed E-state index contributed by atoms with van der Waals surface area (Å²) < 4.78 is 0. The second-order valence-electron chi connectivity index (χ2n) is 7.21. The first-order valence-corrected chi connectivity index (χ1v) is 10.6. The van der Waals surface area contributed by atoms with Crippen molar-refractivity contribution >= 4 is 28.5 Å². The lowest BCUT2D eigenvalue weighted by molar-refractivity contribution is 0.459. The smallest absolute Gasteiger partial charge is 0.146 e. The molecule has 4 aromatic rings. The van der Waals surface area contributed by atoms with Gasteiger partial charge in [-0.05, 0) is 79.4 Å². The van der Waals surface area contributed by atoms with Crippen molar-refractivity contribution < 1.29 is 5.11 Å². The third kappa shape index (κ3) is 4.22. The van der Waals surface area contributed by atoms with Crippen LogP contribution in [0, 0.1) is 6.92 Å². The van der Waals surface area contributed by atoms with Crippen molar-refractivity contribution in [3.63, 3.8) is 0 Å². The van der Waals surface area contributed by atoms with Gasteiger partial charge in [0, 0.05) is 15.5 Å². The SMILES string of the molecule is CCCCc1cc(C)cc(-n2nc3ccc(Sc4ccc(N)cc4)cc3n2)c1O. The summed E-state index contributed by atoms with van der Waals surface area (Å²) >= 11 is 1.65. The second-order valence-corrected chi connectivity index (χ2v) is 8.35. The molecule has 0 radical (unpaired) electrons. The molecule has 0 atom stereocenters. The molecule has 29 heavy (non-hydrogen) atoms. The van der Waals surface area contributed by atoms with Crippen LogP contribution in [0.25, 0.3) is 16.7 Å². The third-order valence-electron chi connectivity index (χ3n) is 4.80. The number of nitrogens with zero attached hydrogens (tertiary/aromatic N) is 3. The number of hydrogen-bond acceptors (Lipinski definition) is 5. The molecule has 0 amide bonds. The fourth-order valence-electron chi connectivity index (χ4n) is 3.28. The molecule has 0 spiro atoms. The number of phenols is 1. The Morgan fingerprint density at radius 2 is 1.69 bits per heavy atom. The average molecular weight is 405 g/mol. The highest BCUT2D eigenvalue weighted by atomic mass is 32.2. The van der Waals surface area contributed by atoms with Gasteiger partial charge in [-0.1, -0.05) is 31.2 Å². The van der Waals surface area contributed by atoms with Gasteiger partial charge >= 0.3 is 0 Å². The minimum atomic E-state index is 0.265. The van der Waals surface area contributed by atoms with E-state index >= 15 is 0 Å². The van der Waals surface area contributed by atoms with Gasteiger partial charge in [0.25, 0.3) is 0 Å². The maximum atomic E-state index is 10.8. The molecular weight excluding hydrogens is 380 g/mol. The highest BCUT2D eigenvalue weighted by Gasteiger charge is 2.14. The van der Waals surface area contributed by atoms with Crippen LogP contribution in [-0.2, 0) is 6.42 Å². The van der Waals surface area contributed by atoms with Crippen molar-refractivity contribution in [2.75, 3.05) is 5.73 Å². The monoisotopic (exact) mass is 404 g/mol. The lowest BCUT2D eigenvalue weighted by Gasteiger charge is -2.10. The normalized spacial score (nSPS) is 11.2. The number of aromatic nitrogens is 3. The van der Waals surface area contributed by atoms with Crippen molar-refractivity contribution in [2.24, 2.45) is 0 Å². The number of rotatable bonds is 6. The zero-order chi connectivity index (χ0) is 20.4. The number of fused-ring (bicyclic) bond motifs is 1. The van der Waals surface area contributed by atoms with Crippen LogP contribution in [0.15, 0.2) is 64.4 Å². The van der Waals surface area contributed by atoms with Gasteiger partial charge in [-0.15, -0.1) is 15.0 Å². The Balaban J connectivity index is 1.67. The summed E-state index contributed by atoms with van der Waals surface area (Å²) in [6.07, 6.45) is 2.97. The number of benzene rings is 3. The van der Waals surface area contributed by atoms with Gasteiger partial charge in [0.2, 0.25) is 0 Å². The third-order valence-corrected chi connectivity index (χ3v) is 5.79. The molecule has 0 bridgehead atoms. The molecule has 148 valence electrons. The molecule has 0 saturated heterocycles. The molecule has 5 nitrogen and oxygen atoms in total. The Morgan fingerprint density at radius 3 is 2.45 bits per heavy atom. The summed E-state index contributed by atoms with van der Waals surface area (Å²) in [5.41, 5.74) is 10.8. The van der Waals surface area contributed by atoms with Gasteiger partial charge in [0.05, 0.1) is 0 Å². The first-order valence-electron chi connectivity index (χ1n) is 9.77. The number of aryl methyl sites for hydroxylation is 2. The first-order chi connectivity index (χ1) is 14.0. The zero-order valence-electron chi connectivity index (χ0n) is 16.6. The van der Waals surface area contributed by atoms with Crippen molar-refractivity contribution in [2.45, 2.75) is 42.9 Å². The summed E-state index contributed by atoms with van der Waals surface area (Å²) in [4.78, 5) is 3.73. The van der Waals surface area contributed by atoms with E-state index in [0.717, 1.165) is 56.9 Å². The fraction of sp³-hybridized carbons (Fsp3) is 0.217. The first kappa shape index (κ1) is 19.3. The zero-order valence-corrected chi connectivity index (χ0v) is 17.4. The van der Waals surface area contributed by atoms with Gasteiger partial charge in [0.1, 0.15) is 22.5 Å². The van der Waals surface area contributed by atoms with Crippen molar-refractivity contribution in [3.05, 3.63) is 65.7 Å². The fourth-order valence-corrected chi connectivity index (χ4v) is 4.13. The Bertz CT molecular complexity index is 1150. The Labute approximate surface area is 174 Å². The molecule has 6 heteroatoms. The van der Waals surface area contributed by atoms with Crippen LogP contribution in [-0.4, -0.2) is 20.1 Å². The number of hydrogen-bond donors (Lipinski definition) is 2. The summed E-state index contributed by atoms with van der Waals surface area (Å²) in [5.74, 6) is 0.265. The minimum absolute atomic E-state index is 0.265. The number of nitrogen functional groups attached to an aromatic ring is 1. The summed E-state index contributed by atoms with van der Waals surface area (Å²) in [5, 5.41) is 20.0. The molecular formula is C23H24N4OS. The summed E-state index contributed by atoms with van der Waals surface area (Å²) in [6.45, 7) is 4.18. The molecule has 0 aliphatic carbocycles. The van der Waals surface area contributed by atoms with Gasteiger partial charge in [-0.3, -0.25) is 0 Å². The van der Waals surface area contributed by atoms with E-state index in [-0.39, 0.29) is 5.75 Å². The highest BCUT2D eigenvalue weighted by molar-refractivity contribution is 7.99. The molecule has 1 aromatic heterocycles. The number of anilines is 1. The van der Waals surface area contributed by atoms with Crippen LogP contribution in [0.1, 0.15) is 30.9 Å². The summed E-state index contributed by atoms with van der Waals surface area (Å²) in [6, 6.07) is 17.8. The standard InChI is InChI=1S/C23H24N4OS/c1-3-4-5-16-12-15(2)13-22(23(16)28)27-25-20-11-10-19(14-21(20)26-27)29-18-8-6-17(24)7-9-18/h6-14,28H,3-5,24H2,1-2H3. The maximum absolute atomic E-state index is 10.8. The molecule has 1 heterocycles. The van der Waals surface area contributed by atoms with Crippen molar-refractivity contribution in [3.8, 4) is 11.4 Å². The lowest BCUT2D eigenvalue weighted by Crippen LogP contribution is -2.02. The average Bonchev–Trinajstić information content (AvgIpc) is 3.13. The van der Waals surface area contributed by atoms with Crippen LogP contribution in [0.4, 0.5) is 5.69 Å². The quantitative estimate of drug-likeness (QED) is 0.414. The predicted octanol–water partition coefficient (Wildman–Crippen LogP) is 5.51. The van der Waals surface area contributed by atoms with Gasteiger partial charge in [-0.2, -0.15) is 0 Å². The number of nitrogens with two attached hydrogens (primary N) is 1. The Kier molecular flexibility index (Phi) is 5.45. The minimum Gasteiger partial charge on any atom is -0.505 e. The Morgan fingerprint density at radius 1 is 0.966 bits per heavy atom. The van der Waals surface area contributed by atoms with Crippen molar-refractivity contribution in [1.82, 2.24) is 15.0 Å². The lowest BCUT2D eigenvalue weighted by atomic mass is 10.0. The molecule has 0 aliphatic heterocycles. The van der Waals surface area contributed by atoms with Gasteiger partial charge in [-0.25, -0.2) is 0 Å². The topological polar surface area (TPSA) is 77.0 Å². The van der Waals surface area contributed by atoms with E-state index in [1.54, 1.807) is 16.6 Å². The van der Waals surface area contributed by atoms with Crippen LogP contribution in [0.2, 0.25) is 0 Å². The predicted molar refractivity (Wildman–Crippen MR) is 119 cm³/mol. The van der Waals surface area contributed by atoms with Gasteiger partial charge in [0.15, 0.2) is 0 Å². The largest absolute Gasteiger partial charge is 0.505 e. The van der Waals surface area contributed by atoms with E-state index in [9.17, 15) is 5.11 Å². The molecule has 0 unspecified atom stereocenters. The highest BCUT2D eigenvalue weighted by Crippen LogP contribution is 2.32. The second kappa shape index (κ2) is 8.17. The molecule has 3 aromatic carbocycles.